The van der Waals surface area contributed by atoms with E-state index < -0.39 is 6.04 Å². The summed E-state index contributed by atoms with van der Waals surface area (Å²) >= 11 is 0. The maximum atomic E-state index is 12.3. The Morgan fingerprint density at radius 1 is 1.07 bits per heavy atom. The number of benzene rings is 2. The highest BCUT2D eigenvalue weighted by Gasteiger charge is 2.19. The van der Waals surface area contributed by atoms with Gasteiger partial charge < -0.3 is 19.3 Å². The molecule has 0 saturated heterocycles. The Kier molecular flexibility index (Phi) is 5.40. The summed E-state index contributed by atoms with van der Waals surface area (Å²) in [5, 5.41) is 6.85. The second-order valence-corrected chi connectivity index (χ2v) is 6.09. The minimum atomic E-state index is -0.430. The number of aryl methyl sites for hydroxylation is 1. The molecule has 0 spiro atoms. The van der Waals surface area contributed by atoms with Crippen LogP contribution in [0.3, 0.4) is 0 Å². The minimum Gasteiger partial charge on any atom is -0.493 e. The van der Waals surface area contributed by atoms with Gasteiger partial charge in [-0.05, 0) is 44.2 Å². The second kappa shape index (κ2) is 7.90. The van der Waals surface area contributed by atoms with Crippen LogP contribution >= 0.6 is 0 Å². The Labute approximate surface area is 157 Å². The van der Waals surface area contributed by atoms with Gasteiger partial charge in [-0.3, -0.25) is 4.79 Å². The van der Waals surface area contributed by atoms with Gasteiger partial charge in [-0.25, -0.2) is 0 Å². The normalized spacial score (nSPS) is 11.7. The molecule has 0 radical (unpaired) electrons. The molecule has 140 valence electrons. The summed E-state index contributed by atoms with van der Waals surface area (Å²) in [6, 6.07) is 12.3. The standard InChI is InChI=1S/C20H21N3O4/c1-12-5-7-14(8-6-12)19(24)21-13(2)20-22-18(23-27-20)15-9-10-16(25-3)17(11-15)26-4/h5-11,13H,1-4H3,(H,21,24). The van der Waals surface area contributed by atoms with Crippen molar-refractivity contribution < 1.29 is 18.8 Å². The van der Waals surface area contributed by atoms with Crippen molar-refractivity contribution in [1.29, 1.82) is 0 Å². The van der Waals surface area contributed by atoms with Crippen LogP contribution in [0.5, 0.6) is 11.5 Å². The summed E-state index contributed by atoms with van der Waals surface area (Å²) in [5.74, 6) is 1.71. The third kappa shape index (κ3) is 4.08. The summed E-state index contributed by atoms with van der Waals surface area (Å²) in [6.45, 7) is 3.76. The molecule has 7 heteroatoms. The van der Waals surface area contributed by atoms with E-state index in [1.165, 1.54) is 0 Å². The van der Waals surface area contributed by atoms with Crippen LogP contribution in [0.2, 0.25) is 0 Å². The Bertz CT molecular complexity index is 935. The van der Waals surface area contributed by atoms with Gasteiger partial charge in [-0.15, -0.1) is 0 Å². The first-order valence-electron chi connectivity index (χ1n) is 8.45. The van der Waals surface area contributed by atoms with Gasteiger partial charge in [0.15, 0.2) is 11.5 Å². The molecule has 0 aliphatic heterocycles. The number of nitrogens with zero attached hydrogens (tertiary/aromatic N) is 2. The van der Waals surface area contributed by atoms with Crippen LogP contribution in [-0.2, 0) is 0 Å². The molecule has 1 N–H and O–H groups in total. The van der Waals surface area contributed by atoms with Crippen LogP contribution < -0.4 is 14.8 Å². The lowest BCUT2D eigenvalue weighted by molar-refractivity contribution is 0.0932. The number of methoxy groups -OCH3 is 2. The second-order valence-electron chi connectivity index (χ2n) is 6.09. The average Bonchev–Trinajstić information content (AvgIpc) is 3.18. The molecular formula is C20H21N3O4. The van der Waals surface area contributed by atoms with Gasteiger partial charge in [0.25, 0.3) is 5.91 Å². The third-order valence-electron chi connectivity index (χ3n) is 4.12. The zero-order valence-electron chi connectivity index (χ0n) is 15.6. The monoisotopic (exact) mass is 367 g/mol. The van der Waals surface area contributed by atoms with Gasteiger partial charge in [-0.1, -0.05) is 22.9 Å². The maximum absolute atomic E-state index is 12.3. The fourth-order valence-electron chi connectivity index (χ4n) is 2.55. The van der Waals surface area contributed by atoms with Crippen molar-refractivity contribution in [3.8, 4) is 22.9 Å². The fourth-order valence-corrected chi connectivity index (χ4v) is 2.55. The predicted molar refractivity (Wildman–Crippen MR) is 99.9 cm³/mol. The van der Waals surface area contributed by atoms with Crippen molar-refractivity contribution in [2.24, 2.45) is 0 Å². The van der Waals surface area contributed by atoms with Crippen LogP contribution in [0.25, 0.3) is 11.4 Å². The fraction of sp³-hybridized carbons (Fsp3) is 0.250. The van der Waals surface area contributed by atoms with E-state index in [0.29, 0.717) is 28.8 Å². The number of carbonyl (C=O) groups is 1. The van der Waals surface area contributed by atoms with Crippen LogP contribution in [-0.4, -0.2) is 30.3 Å². The van der Waals surface area contributed by atoms with Crippen molar-refractivity contribution in [2.45, 2.75) is 19.9 Å². The van der Waals surface area contributed by atoms with Gasteiger partial charge in [0.2, 0.25) is 11.7 Å². The first-order valence-corrected chi connectivity index (χ1v) is 8.45. The number of carbonyl (C=O) groups excluding carboxylic acids is 1. The molecule has 0 bridgehead atoms. The summed E-state index contributed by atoms with van der Waals surface area (Å²) in [4.78, 5) is 16.7. The van der Waals surface area contributed by atoms with E-state index in [-0.39, 0.29) is 5.91 Å². The number of ether oxygens (including phenoxy) is 2. The molecule has 3 rings (SSSR count). The summed E-state index contributed by atoms with van der Waals surface area (Å²) in [5.41, 5.74) is 2.39. The zero-order chi connectivity index (χ0) is 19.4. The van der Waals surface area contributed by atoms with Crippen LogP contribution in [0.1, 0.15) is 34.8 Å². The molecule has 1 unspecified atom stereocenters. The Morgan fingerprint density at radius 2 is 1.78 bits per heavy atom. The lowest BCUT2D eigenvalue weighted by Crippen LogP contribution is -2.26. The summed E-state index contributed by atoms with van der Waals surface area (Å²) in [7, 11) is 3.13. The predicted octanol–water partition coefficient (Wildman–Crippen LogP) is 3.55. The van der Waals surface area contributed by atoms with Crippen molar-refractivity contribution in [1.82, 2.24) is 15.5 Å². The molecule has 27 heavy (non-hydrogen) atoms. The van der Waals surface area contributed by atoms with E-state index in [4.69, 9.17) is 14.0 Å². The lowest BCUT2D eigenvalue weighted by atomic mass is 10.1. The Hall–Kier alpha value is -3.35. The molecule has 0 aliphatic rings. The Morgan fingerprint density at radius 3 is 2.44 bits per heavy atom. The highest BCUT2D eigenvalue weighted by Crippen LogP contribution is 2.31. The number of rotatable bonds is 6. The molecule has 0 aliphatic carbocycles. The lowest BCUT2D eigenvalue weighted by Gasteiger charge is -2.09. The molecule has 1 heterocycles. The van der Waals surface area contributed by atoms with Gasteiger partial charge in [0.1, 0.15) is 6.04 Å². The number of hydrogen-bond acceptors (Lipinski definition) is 6. The number of hydrogen-bond donors (Lipinski definition) is 1. The highest BCUT2D eigenvalue weighted by atomic mass is 16.5. The van der Waals surface area contributed by atoms with Crippen molar-refractivity contribution in [3.63, 3.8) is 0 Å². The quantitative estimate of drug-likeness (QED) is 0.717. The van der Waals surface area contributed by atoms with E-state index in [9.17, 15) is 4.79 Å². The average molecular weight is 367 g/mol. The molecule has 1 amide bonds. The molecule has 0 saturated carbocycles. The molecule has 1 atom stereocenters. The largest absolute Gasteiger partial charge is 0.493 e. The molecule has 1 aromatic heterocycles. The molecule has 7 nitrogen and oxygen atoms in total. The van der Waals surface area contributed by atoms with Gasteiger partial charge in [-0.2, -0.15) is 4.98 Å². The number of aromatic nitrogens is 2. The van der Waals surface area contributed by atoms with Crippen LogP contribution in [0.4, 0.5) is 0 Å². The van der Waals surface area contributed by atoms with Gasteiger partial charge >= 0.3 is 0 Å². The zero-order valence-corrected chi connectivity index (χ0v) is 15.6. The molecule has 0 fully saturated rings. The SMILES string of the molecule is COc1ccc(-c2noc(C(C)NC(=O)c3ccc(C)cc3)n2)cc1OC. The van der Waals surface area contributed by atoms with Crippen LogP contribution in [0.15, 0.2) is 47.0 Å². The van der Waals surface area contributed by atoms with Crippen molar-refractivity contribution in [3.05, 3.63) is 59.5 Å². The number of nitrogens with one attached hydrogen (secondary N) is 1. The van der Waals surface area contributed by atoms with E-state index in [2.05, 4.69) is 15.5 Å². The van der Waals surface area contributed by atoms with E-state index in [1.807, 2.05) is 25.1 Å². The smallest absolute Gasteiger partial charge is 0.251 e. The minimum absolute atomic E-state index is 0.201. The summed E-state index contributed by atoms with van der Waals surface area (Å²) < 4.78 is 15.8. The van der Waals surface area contributed by atoms with Crippen molar-refractivity contribution in [2.75, 3.05) is 14.2 Å². The Balaban J connectivity index is 1.75. The van der Waals surface area contributed by atoms with Gasteiger partial charge in [0.05, 0.1) is 14.2 Å². The third-order valence-corrected chi connectivity index (χ3v) is 4.12. The van der Waals surface area contributed by atoms with Gasteiger partial charge in [0, 0.05) is 11.1 Å². The molecule has 2 aromatic carbocycles. The summed E-state index contributed by atoms with van der Waals surface area (Å²) in [6.07, 6.45) is 0. The first-order chi connectivity index (χ1) is 13.0. The van der Waals surface area contributed by atoms with E-state index in [0.717, 1.165) is 11.1 Å². The molecule has 3 aromatic rings. The topological polar surface area (TPSA) is 86.5 Å². The van der Waals surface area contributed by atoms with Crippen molar-refractivity contribution >= 4 is 5.91 Å². The van der Waals surface area contributed by atoms with E-state index >= 15 is 0 Å². The maximum Gasteiger partial charge on any atom is 0.251 e. The van der Waals surface area contributed by atoms with E-state index in [1.54, 1.807) is 45.4 Å². The molecular weight excluding hydrogens is 346 g/mol. The number of amides is 1. The highest BCUT2D eigenvalue weighted by molar-refractivity contribution is 5.94. The first kappa shape index (κ1) is 18.4. The van der Waals surface area contributed by atoms with Crippen LogP contribution in [0, 0.1) is 6.92 Å².